The molecule has 0 radical (unpaired) electrons. The van der Waals surface area contributed by atoms with Crippen molar-refractivity contribution in [3.05, 3.63) is 59.1 Å². The summed E-state index contributed by atoms with van der Waals surface area (Å²) in [7, 11) is -1.34. The molecule has 0 bridgehead atoms. The van der Waals surface area contributed by atoms with Crippen LogP contribution in [-0.4, -0.2) is 28.4 Å². The third-order valence-electron chi connectivity index (χ3n) is 3.20. The molecular weight excluding hydrogens is 350 g/mol. The Hall–Kier alpha value is -2.18. The summed E-state index contributed by atoms with van der Waals surface area (Å²) in [6.45, 7) is 1.45. The summed E-state index contributed by atoms with van der Waals surface area (Å²) in [4.78, 5) is 24.7. The second kappa shape index (κ2) is 8.08. The average molecular weight is 366 g/mol. The first-order valence-corrected chi connectivity index (χ1v) is 9.02. The molecule has 24 heavy (non-hydrogen) atoms. The van der Waals surface area contributed by atoms with Gasteiger partial charge in [-0.2, -0.15) is 0 Å². The van der Waals surface area contributed by atoms with E-state index in [1.54, 1.807) is 42.5 Å². The Labute approximate surface area is 147 Å². The minimum Gasteiger partial charge on any atom is -0.449 e. The Morgan fingerprint density at radius 2 is 1.75 bits per heavy atom. The van der Waals surface area contributed by atoms with Gasteiger partial charge < -0.3 is 10.1 Å². The van der Waals surface area contributed by atoms with E-state index in [2.05, 4.69) is 5.32 Å². The third-order valence-corrected chi connectivity index (χ3v) is 4.51. The summed E-state index contributed by atoms with van der Waals surface area (Å²) < 4.78 is 16.9. The van der Waals surface area contributed by atoms with Gasteiger partial charge in [0.05, 0.1) is 32.0 Å². The highest BCUT2D eigenvalue weighted by Crippen LogP contribution is 2.21. The van der Waals surface area contributed by atoms with Crippen LogP contribution in [0.4, 0.5) is 5.69 Å². The molecule has 0 aliphatic rings. The number of para-hydroxylation sites is 1. The second-order valence-corrected chi connectivity index (χ2v) is 6.72. The molecule has 7 heteroatoms. The lowest BCUT2D eigenvalue weighted by Crippen LogP contribution is -2.30. The first-order valence-electron chi connectivity index (χ1n) is 7.09. The van der Waals surface area contributed by atoms with Crippen molar-refractivity contribution >= 4 is 40.0 Å². The minimum atomic E-state index is -1.34. The molecule has 126 valence electrons. The fraction of sp³-hybridized carbons (Fsp3) is 0.176. The van der Waals surface area contributed by atoms with Crippen molar-refractivity contribution in [1.29, 1.82) is 0 Å². The summed E-state index contributed by atoms with van der Waals surface area (Å²) >= 11 is 5.97. The highest BCUT2D eigenvalue weighted by Gasteiger charge is 2.22. The van der Waals surface area contributed by atoms with Gasteiger partial charge in [-0.1, -0.05) is 35.9 Å². The van der Waals surface area contributed by atoms with E-state index in [1.807, 2.05) is 0 Å². The predicted molar refractivity (Wildman–Crippen MR) is 93.7 cm³/mol. The molecule has 0 heterocycles. The molecule has 2 rings (SSSR count). The van der Waals surface area contributed by atoms with Crippen molar-refractivity contribution < 1.29 is 18.5 Å². The number of halogens is 1. The van der Waals surface area contributed by atoms with Gasteiger partial charge in [-0.05, 0) is 31.2 Å². The third kappa shape index (κ3) is 4.43. The highest BCUT2D eigenvalue weighted by atomic mass is 35.5. The summed E-state index contributed by atoms with van der Waals surface area (Å²) in [6.07, 6.45) is 0.437. The van der Waals surface area contributed by atoms with Gasteiger partial charge in [0.2, 0.25) is 0 Å². The van der Waals surface area contributed by atoms with E-state index in [9.17, 15) is 13.8 Å². The Kier molecular flexibility index (Phi) is 6.11. The number of amides is 1. The SMILES string of the molecule is C[C@@H](OC(=O)c1ccccc1[S@@](C)=O)C(=O)Nc1ccccc1Cl. The fourth-order valence-electron chi connectivity index (χ4n) is 1.96. The molecule has 2 atom stereocenters. The molecule has 1 amide bonds. The lowest BCUT2D eigenvalue weighted by molar-refractivity contribution is -0.123. The standard InChI is InChI=1S/C17H16ClNO4S/c1-11(16(20)19-14-9-5-4-8-13(14)18)23-17(21)12-7-3-6-10-15(12)24(2)22/h3-11H,1-2H3,(H,19,20)/t11-,24-/m1/s1. The molecular formula is C17H16ClNO4S. The van der Waals surface area contributed by atoms with Crippen molar-refractivity contribution in [2.24, 2.45) is 0 Å². The van der Waals surface area contributed by atoms with Crippen LogP contribution < -0.4 is 5.32 Å². The molecule has 0 saturated heterocycles. The number of carbonyl (C=O) groups excluding carboxylic acids is 2. The normalized spacial score (nSPS) is 13.0. The molecule has 0 spiro atoms. The zero-order valence-corrected chi connectivity index (χ0v) is 14.7. The van der Waals surface area contributed by atoms with Gasteiger partial charge in [0.1, 0.15) is 0 Å². The van der Waals surface area contributed by atoms with Gasteiger partial charge in [0.15, 0.2) is 6.10 Å². The van der Waals surface area contributed by atoms with E-state index < -0.39 is 28.8 Å². The molecule has 1 N–H and O–H groups in total. The maximum absolute atomic E-state index is 12.2. The van der Waals surface area contributed by atoms with Gasteiger partial charge in [-0.3, -0.25) is 9.00 Å². The summed E-state index contributed by atoms with van der Waals surface area (Å²) in [5, 5.41) is 2.98. The smallest absolute Gasteiger partial charge is 0.340 e. The van der Waals surface area contributed by atoms with E-state index >= 15 is 0 Å². The average Bonchev–Trinajstić information content (AvgIpc) is 2.56. The highest BCUT2D eigenvalue weighted by molar-refractivity contribution is 7.84. The number of esters is 1. The van der Waals surface area contributed by atoms with Crippen LogP contribution in [0.5, 0.6) is 0 Å². The molecule has 0 aliphatic heterocycles. The van der Waals surface area contributed by atoms with E-state index in [4.69, 9.17) is 16.3 Å². The summed E-state index contributed by atoms with van der Waals surface area (Å²) in [5.74, 6) is -1.21. The number of anilines is 1. The zero-order valence-electron chi connectivity index (χ0n) is 13.1. The largest absolute Gasteiger partial charge is 0.449 e. The number of carbonyl (C=O) groups is 2. The molecule has 0 aliphatic carbocycles. The first-order chi connectivity index (χ1) is 11.4. The number of hydrogen-bond donors (Lipinski definition) is 1. The van der Waals surface area contributed by atoms with Gasteiger partial charge >= 0.3 is 5.97 Å². The van der Waals surface area contributed by atoms with Crippen LogP contribution in [0.15, 0.2) is 53.4 Å². The Balaban J connectivity index is 2.08. The van der Waals surface area contributed by atoms with Crippen molar-refractivity contribution in [1.82, 2.24) is 0 Å². The van der Waals surface area contributed by atoms with Gasteiger partial charge in [-0.25, -0.2) is 4.79 Å². The number of benzene rings is 2. The van der Waals surface area contributed by atoms with Crippen LogP contribution >= 0.6 is 11.6 Å². The molecule has 0 fully saturated rings. The van der Waals surface area contributed by atoms with Crippen LogP contribution in [0.25, 0.3) is 0 Å². The first kappa shape index (κ1) is 18.2. The van der Waals surface area contributed by atoms with Crippen molar-refractivity contribution in [3.8, 4) is 0 Å². The molecule has 0 saturated carbocycles. The zero-order chi connectivity index (χ0) is 17.7. The van der Waals surface area contributed by atoms with E-state index in [-0.39, 0.29) is 5.56 Å². The van der Waals surface area contributed by atoms with Crippen LogP contribution in [0.2, 0.25) is 5.02 Å². The van der Waals surface area contributed by atoms with Crippen molar-refractivity contribution in [3.63, 3.8) is 0 Å². The number of ether oxygens (including phenoxy) is 1. The topological polar surface area (TPSA) is 72.5 Å². The molecule has 5 nitrogen and oxygen atoms in total. The quantitative estimate of drug-likeness (QED) is 0.825. The van der Waals surface area contributed by atoms with Crippen LogP contribution in [-0.2, 0) is 20.3 Å². The Morgan fingerprint density at radius 1 is 1.12 bits per heavy atom. The maximum Gasteiger partial charge on any atom is 0.340 e. The molecule has 0 aromatic heterocycles. The van der Waals surface area contributed by atoms with E-state index in [0.717, 1.165) is 0 Å². The molecule has 2 aromatic carbocycles. The number of hydrogen-bond acceptors (Lipinski definition) is 4. The van der Waals surface area contributed by atoms with Crippen LogP contribution in [0.3, 0.4) is 0 Å². The lowest BCUT2D eigenvalue weighted by atomic mass is 10.2. The summed E-state index contributed by atoms with van der Waals surface area (Å²) in [6, 6.07) is 13.2. The van der Waals surface area contributed by atoms with Gasteiger partial charge in [0, 0.05) is 6.26 Å². The number of nitrogens with one attached hydrogen (secondary N) is 1. The van der Waals surface area contributed by atoms with Gasteiger partial charge in [0.25, 0.3) is 5.91 Å². The summed E-state index contributed by atoms with van der Waals surface area (Å²) in [5.41, 5.74) is 0.609. The van der Waals surface area contributed by atoms with E-state index in [1.165, 1.54) is 19.2 Å². The van der Waals surface area contributed by atoms with E-state index in [0.29, 0.717) is 15.6 Å². The van der Waals surface area contributed by atoms with Crippen molar-refractivity contribution in [2.75, 3.05) is 11.6 Å². The monoisotopic (exact) mass is 365 g/mol. The predicted octanol–water partition coefficient (Wildman–Crippen LogP) is 3.26. The number of rotatable bonds is 5. The lowest BCUT2D eigenvalue weighted by Gasteiger charge is -2.15. The second-order valence-electron chi connectivity index (χ2n) is 4.97. The van der Waals surface area contributed by atoms with Crippen LogP contribution in [0.1, 0.15) is 17.3 Å². The Morgan fingerprint density at radius 3 is 2.42 bits per heavy atom. The minimum absolute atomic E-state index is 0.177. The Bertz CT molecular complexity index is 794. The molecule has 2 aromatic rings. The van der Waals surface area contributed by atoms with Crippen LogP contribution in [0, 0.1) is 0 Å². The van der Waals surface area contributed by atoms with Gasteiger partial charge in [-0.15, -0.1) is 0 Å². The van der Waals surface area contributed by atoms with Crippen molar-refractivity contribution in [2.45, 2.75) is 17.9 Å². The fourth-order valence-corrected chi connectivity index (χ4v) is 2.87. The maximum atomic E-state index is 12.2. The molecule has 0 unspecified atom stereocenters.